The zero-order valence-corrected chi connectivity index (χ0v) is 13.7. The SMILES string of the molecule is CCCCCCCCOS(=O)(=O)OCC[N+](C)(C)C. The molecule has 0 aromatic carbocycles. The number of nitrogens with zero attached hydrogens (tertiary/aromatic N) is 1. The molecule has 0 heterocycles. The van der Waals surface area contributed by atoms with Crippen LogP contribution in [0.3, 0.4) is 0 Å². The molecule has 0 spiro atoms. The third-order valence-corrected chi connectivity index (χ3v) is 3.63. The predicted octanol–water partition coefficient (Wildman–Crippen LogP) is 2.33. The Morgan fingerprint density at radius 1 is 0.842 bits per heavy atom. The minimum absolute atomic E-state index is 0.155. The molecule has 0 radical (unpaired) electrons. The lowest BCUT2D eigenvalue weighted by molar-refractivity contribution is -0.870. The van der Waals surface area contributed by atoms with E-state index in [1.807, 2.05) is 21.1 Å². The molecule has 0 atom stereocenters. The Kier molecular flexibility index (Phi) is 9.60. The van der Waals surface area contributed by atoms with Gasteiger partial charge in [-0.25, -0.2) is 8.37 Å². The molecule has 0 rings (SSSR count). The molecular weight excluding hydrogens is 266 g/mol. The number of unbranched alkanes of at least 4 members (excludes halogenated alkanes) is 5. The standard InChI is InChI=1S/C13H30NO4S/c1-5-6-7-8-9-10-12-17-19(15,16)18-13-11-14(2,3)4/h5-13H2,1-4H3/q+1. The maximum Gasteiger partial charge on any atom is 0.400 e. The fourth-order valence-electron chi connectivity index (χ4n) is 1.49. The van der Waals surface area contributed by atoms with Crippen molar-refractivity contribution in [3.63, 3.8) is 0 Å². The van der Waals surface area contributed by atoms with Gasteiger partial charge in [-0.3, -0.25) is 0 Å². The van der Waals surface area contributed by atoms with Crippen LogP contribution in [0.25, 0.3) is 0 Å². The molecular formula is C13H30NO4S+. The highest BCUT2D eigenvalue weighted by Gasteiger charge is 2.14. The van der Waals surface area contributed by atoms with Crippen molar-refractivity contribution >= 4 is 10.4 Å². The van der Waals surface area contributed by atoms with Crippen LogP contribution in [-0.2, 0) is 18.8 Å². The van der Waals surface area contributed by atoms with Crippen molar-refractivity contribution in [2.24, 2.45) is 0 Å². The van der Waals surface area contributed by atoms with E-state index in [1.165, 1.54) is 19.3 Å². The second-order valence-corrected chi connectivity index (χ2v) is 7.12. The normalized spacial score (nSPS) is 12.8. The Bertz CT molecular complexity index is 309. The van der Waals surface area contributed by atoms with Gasteiger partial charge in [0.1, 0.15) is 13.2 Å². The average molecular weight is 296 g/mol. The van der Waals surface area contributed by atoms with E-state index in [0.29, 0.717) is 11.0 Å². The Labute approximate surface area is 118 Å². The summed E-state index contributed by atoms with van der Waals surface area (Å²) >= 11 is 0. The van der Waals surface area contributed by atoms with Crippen molar-refractivity contribution in [3.05, 3.63) is 0 Å². The van der Waals surface area contributed by atoms with Crippen LogP contribution in [0.15, 0.2) is 0 Å². The molecule has 0 aromatic rings. The molecule has 0 aliphatic heterocycles. The van der Waals surface area contributed by atoms with E-state index in [-0.39, 0.29) is 13.2 Å². The van der Waals surface area contributed by atoms with Gasteiger partial charge in [0.05, 0.1) is 27.7 Å². The molecule has 19 heavy (non-hydrogen) atoms. The summed E-state index contributed by atoms with van der Waals surface area (Å²) in [5.74, 6) is 0. The summed E-state index contributed by atoms with van der Waals surface area (Å²) in [6.45, 7) is 3.17. The largest absolute Gasteiger partial charge is 0.400 e. The number of hydrogen-bond acceptors (Lipinski definition) is 4. The van der Waals surface area contributed by atoms with Crippen LogP contribution in [0.5, 0.6) is 0 Å². The van der Waals surface area contributed by atoms with Gasteiger partial charge in [-0.1, -0.05) is 39.0 Å². The number of likely N-dealkylation sites (N-methyl/N-ethyl adjacent to an activating group) is 1. The first-order chi connectivity index (χ1) is 8.77. The molecule has 116 valence electrons. The van der Waals surface area contributed by atoms with Crippen molar-refractivity contribution in [2.75, 3.05) is 40.9 Å². The van der Waals surface area contributed by atoms with E-state index in [2.05, 4.69) is 6.92 Å². The Morgan fingerprint density at radius 3 is 1.95 bits per heavy atom. The maximum atomic E-state index is 11.4. The molecule has 0 aliphatic carbocycles. The minimum atomic E-state index is -3.81. The lowest BCUT2D eigenvalue weighted by Crippen LogP contribution is -2.38. The molecule has 5 nitrogen and oxygen atoms in total. The Balaban J connectivity index is 3.57. The first kappa shape index (κ1) is 18.8. The molecule has 0 amide bonds. The molecule has 6 heteroatoms. The predicted molar refractivity (Wildman–Crippen MR) is 77.1 cm³/mol. The van der Waals surface area contributed by atoms with Gasteiger partial charge in [-0.2, -0.15) is 8.42 Å². The van der Waals surface area contributed by atoms with Crippen LogP contribution in [-0.4, -0.2) is 53.8 Å². The Hall–Kier alpha value is -0.170. The highest BCUT2D eigenvalue weighted by molar-refractivity contribution is 7.81. The summed E-state index contributed by atoms with van der Waals surface area (Å²) in [5.41, 5.74) is 0. The lowest BCUT2D eigenvalue weighted by Gasteiger charge is -2.23. The highest BCUT2D eigenvalue weighted by atomic mass is 32.3. The first-order valence-corrected chi connectivity index (χ1v) is 8.44. The van der Waals surface area contributed by atoms with E-state index in [1.54, 1.807) is 0 Å². The molecule has 0 aliphatic rings. The van der Waals surface area contributed by atoms with Gasteiger partial charge in [0.2, 0.25) is 0 Å². The van der Waals surface area contributed by atoms with Crippen molar-refractivity contribution in [1.29, 1.82) is 0 Å². The summed E-state index contributed by atoms with van der Waals surface area (Å²) in [4.78, 5) is 0. The van der Waals surface area contributed by atoms with E-state index in [9.17, 15) is 8.42 Å². The fourth-order valence-corrected chi connectivity index (χ4v) is 2.16. The monoisotopic (exact) mass is 296 g/mol. The number of hydrogen-bond donors (Lipinski definition) is 0. The second-order valence-electron chi connectivity index (χ2n) is 5.83. The molecule has 0 saturated heterocycles. The highest BCUT2D eigenvalue weighted by Crippen LogP contribution is 2.06. The molecule has 0 aromatic heterocycles. The smallest absolute Gasteiger partial charge is 0.329 e. The van der Waals surface area contributed by atoms with Crippen LogP contribution >= 0.6 is 0 Å². The van der Waals surface area contributed by atoms with Crippen LogP contribution in [0.1, 0.15) is 45.4 Å². The van der Waals surface area contributed by atoms with Gasteiger partial charge >= 0.3 is 10.4 Å². The minimum Gasteiger partial charge on any atom is -0.329 e. The topological polar surface area (TPSA) is 52.6 Å². The van der Waals surface area contributed by atoms with Gasteiger partial charge in [0.15, 0.2) is 0 Å². The van der Waals surface area contributed by atoms with E-state index >= 15 is 0 Å². The molecule has 0 bridgehead atoms. The average Bonchev–Trinajstić information content (AvgIpc) is 2.25. The van der Waals surface area contributed by atoms with Crippen LogP contribution < -0.4 is 0 Å². The maximum absolute atomic E-state index is 11.4. The van der Waals surface area contributed by atoms with Gasteiger partial charge in [-0.05, 0) is 6.42 Å². The molecule has 0 saturated carbocycles. The van der Waals surface area contributed by atoms with E-state index in [0.717, 1.165) is 19.3 Å². The number of rotatable bonds is 12. The van der Waals surface area contributed by atoms with E-state index in [4.69, 9.17) is 8.37 Å². The van der Waals surface area contributed by atoms with Crippen molar-refractivity contribution in [1.82, 2.24) is 0 Å². The van der Waals surface area contributed by atoms with Crippen molar-refractivity contribution < 1.29 is 21.3 Å². The first-order valence-electron chi connectivity index (χ1n) is 7.11. The van der Waals surface area contributed by atoms with Crippen LogP contribution in [0, 0.1) is 0 Å². The molecule has 0 N–H and O–H groups in total. The van der Waals surface area contributed by atoms with Crippen LogP contribution in [0.4, 0.5) is 0 Å². The summed E-state index contributed by atoms with van der Waals surface area (Å²) < 4.78 is 33.0. The zero-order valence-electron chi connectivity index (χ0n) is 12.9. The number of quaternary nitrogens is 1. The molecule has 0 fully saturated rings. The zero-order chi connectivity index (χ0) is 14.8. The Morgan fingerprint density at radius 2 is 1.37 bits per heavy atom. The third-order valence-electron chi connectivity index (χ3n) is 2.72. The summed E-state index contributed by atoms with van der Waals surface area (Å²) in [7, 11) is 2.13. The summed E-state index contributed by atoms with van der Waals surface area (Å²) in [6, 6.07) is 0. The quantitative estimate of drug-likeness (QED) is 0.410. The van der Waals surface area contributed by atoms with Crippen molar-refractivity contribution in [2.45, 2.75) is 45.4 Å². The van der Waals surface area contributed by atoms with Crippen LogP contribution in [0.2, 0.25) is 0 Å². The van der Waals surface area contributed by atoms with Crippen molar-refractivity contribution in [3.8, 4) is 0 Å². The fraction of sp³-hybridized carbons (Fsp3) is 1.00. The van der Waals surface area contributed by atoms with Gasteiger partial charge in [-0.15, -0.1) is 0 Å². The summed E-state index contributed by atoms with van der Waals surface area (Å²) in [5, 5.41) is 0. The summed E-state index contributed by atoms with van der Waals surface area (Å²) in [6.07, 6.45) is 6.58. The molecule has 0 unspecified atom stereocenters. The van der Waals surface area contributed by atoms with Gasteiger partial charge in [0, 0.05) is 0 Å². The third kappa shape index (κ3) is 14.1. The lowest BCUT2D eigenvalue weighted by atomic mass is 10.1. The van der Waals surface area contributed by atoms with E-state index < -0.39 is 10.4 Å². The van der Waals surface area contributed by atoms with Gasteiger partial charge < -0.3 is 4.48 Å². The second kappa shape index (κ2) is 9.69. The van der Waals surface area contributed by atoms with Gasteiger partial charge in [0.25, 0.3) is 0 Å².